The SMILES string of the molecule is C[C@@H](OC(=O)CS[C@@H]1CCS(=O)(=O)C1)C(=O)Nc1cccc(Cl)c1. The molecule has 1 aromatic carbocycles. The summed E-state index contributed by atoms with van der Waals surface area (Å²) in [4.78, 5) is 23.8. The molecule has 132 valence electrons. The molecule has 6 nitrogen and oxygen atoms in total. The number of rotatable bonds is 6. The minimum atomic E-state index is -2.97. The molecule has 0 unspecified atom stereocenters. The second-order valence-corrected chi connectivity index (χ2v) is 9.42. The highest BCUT2D eigenvalue weighted by Gasteiger charge is 2.29. The van der Waals surface area contributed by atoms with E-state index in [0.717, 1.165) is 0 Å². The van der Waals surface area contributed by atoms with E-state index in [1.807, 2.05) is 0 Å². The molecule has 0 aromatic heterocycles. The van der Waals surface area contributed by atoms with Crippen LogP contribution in [0.4, 0.5) is 5.69 Å². The molecule has 2 rings (SSSR count). The van der Waals surface area contributed by atoms with Crippen LogP contribution in [0.25, 0.3) is 0 Å². The van der Waals surface area contributed by atoms with Crippen LogP contribution in [-0.4, -0.2) is 48.9 Å². The third-order valence-corrected chi connectivity index (χ3v) is 6.89. The average Bonchev–Trinajstić information content (AvgIpc) is 2.84. The fourth-order valence-electron chi connectivity index (χ4n) is 2.17. The average molecular weight is 392 g/mol. The topological polar surface area (TPSA) is 89.5 Å². The lowest BCUT2D eigenvalue weighted by atomic mass is 10.3. The van der Waals surface area contributed by atoms with Gasteiger partial charge in [-0.3, -0.25) is 9.59 Å². The zero-order chi connectivity index (χ0) is 17.7. The molecule has 24 heavy (non-hydrogen) atoms. The summed E-state index contributed by atoms with van der Waals surface area (Å²) in [6.45, 7) is 1.47. The predicted molar refractivity (Wildman–Crippen MR) is 95.2 cm³/mol. The summed E-state index contributed by atoms with van der Waals surface area (Å²) in [7, 11) is -2.97. The standard InChI is InChI=1S/C15H18ClNO5S2/c1-10(15(19)17-12-4-2-3-11(16)7-12)22-14(18)8-23-13-5-6-24(20,21)9-13/h2-4,7,10,13H,5-6,8-9H2,1H3,(H,17,19)/t10-,13-/m1/s1. The zero-order valence-corrected chi connectivity index (χ0v) is 15.4. The number of sulfone groups is 1. The van der Waals surface area contributed by atoms with Crippen LogP contribution in [0.15, 0.2) is 24.3 Å². The van der Waals surface area contributed by atoms with Gasteiger partial charge in [-0.25, -0.2) is 8.42 Å². The molecule has 1 saturated heterocycles. The monoisotopic (exact) mass is 391 g/mol. The van der Waals surface area contributed by atoms with Crippen molar-refractivity contribution in [2.75, 3.05) is 22.6 Å². The maximum Gasteiger partial charge on any atom is 0.316 e. The Labute approximate surface area is 150 Å². The van der Waals surface area contributed by atoms with Gasteiger partial charge < -0.3 is 10.1 Å². The van der Waals surface area contributed by atoms with Gasteiger partial charge in [0, 0.05) is 16.0 Å². The molecule has 2 atom stereocenters. The first kappa shape index (κ1) is 19.1. The first-order valence-corrected chi connectivity index (χ1v) is 10.6. The summed E-state index contributed by atoms with van der Waals surface area (Å²) >= 11 is 7.08. The van der Waals surface area contributed by atoms with Crippen LogP contribution < -0.4 is 5.32 Å². The maximum atomic E-state index is 12.0. The number of benzene rings is 1. The molecule has 0 saturated carbocycles. The molecule has 1 aliphatic heterocycles. The van der Waals surface area contributed by atoms with Crippen molar-refractivity contribution in [2.24, 2.45) is 0 Å². The van der Waals surface area contributed by atoms with Crippen molar-refractivity contribution in [1.82, 2.24) is 0 Å². The highest BCUT2D eigenvalue weighted by atomic mass is 35.5. The molecule has 1 fully saturated rings. The van der Waals surface area contributed by atoms with E-state index in [2.05, 4.69) is 5.32 Å². The van der Waals surface area contributed by atoms with Gasteiger partial charge in [0.25, 0.3) is 5.91 Å². The molecule has 0 bridgehead atoms. The summed E-state index contributed by atoms with van der Waals surface area (Å²) in [5, 5.41) is 3.01. The van der Waals surface area contributed by atoms with Gasteiger partial charge in [-0.1, -0.05) is 17.7 Å². The van der Waals surface area contributed by atoms with E-state index >= 15 is 0 Å². The molecule has 0 radical (unpaired) electrons. The van der Waals surface area contributed by atoms with Gasteiger partial charge in [0.1, 0.15) is 0 Å². The van der Waals surface area contributed by atoms with Crippen LogP contribution in [0.2, 0.25) is 5.02 Å². The van der Waals surface area contributed by atoms with Crippen molar-refractivity contribution in [1.29, 1.82) is 0 Å². The van der Waals surface area contributed by atoms with E-state index in [1.165, 1.54) is 18.7 Å². The largest absolute Gasteiger partial charge is 0.452 e. The first-order chi connectivity index (χ1) is 11.2. The predicted octanol–water partition coefficient (Wildman–Crippen LogP) is 2.13. The number of hydrogen-bond acceptors (Lipinski definition) is 6. The number of carbonyl (C=O) groups is 2. The third kappa shape index (κ3) is 5.99. The third-order valence-electron chi connectivity index (χ3n) is 3.40. The molecule has 1 aliphatic rings. The van der Waals surface area contributed by atoms with E-state index in [0.29, 0.717) is 17.1 Å². The Balaban J connectivity index is 1.75. The van der Waals surface area contributed by atoms with E-state index in [4.69, 9.17) is 16.3 Å². The van der Waals surface area contributed by atoms with Crippen LogP contribution in [0.5, 0.6) is 0 Å². The Hall–Kier alpha value is -1.25. The number of amides is 1. The smallest absolute Gasteiger partial charge is 0.316 e. The molecule has 0 spiro atoms. The highest BCUT2D eigenvalue weighted by molar-refractivity contribution is 8.02. The van der Waals surface area contributed by atoms with Crippen molar-refractivity contribution in [3.8, 4) is 0 Å². The van der Waals surface area contributed by atoms with Crippen molar-refractivity contribution < 1.29 is 22.7 Å². The number of ether oxygens (including phenoxy) is 1. The summed E-state index contributed by atoms with van der Waals surface area (Å²) in [5.74, 6) is -0.722. The Morgan fingerprint density at radius 3 is 2.83 bits per heavy atom. The van der Waals surface area contributed by atoms with Crippen molar-refractivity contribution in [2.45, 2.75) is 24.7 Å². The number of hydrogen-bond donors (Lipinski definition) is 1. The van der Waals surface area contributed by atoms with E-state index < -0.39 is 27.8 Å². The second-order valence-electron chi connectivity index (χ2n) is 5.47. The number of esters is 1. The van der Waals surface area contributed by atoms with Crippen LogP contribution in [-0.2, 0) is 24.2 Å². The normalized spacial score (nSPS) is 20.3. The van der Waals surface area contributed by atoms with Crippen LogP contribution >= 0.6 is 23.4 Å². The first-order valence-electron chi connectivity index (χ1n) is 7.33. The fraction of sp³-hybridized carbons (Fsp3) is 0.467. The Kier molecular flexibility index (Phi) is 6.54. The Morgan fingerprint density at radius 1 is 1.46 bits per heavy atom. The summed E-state index contributed by atoms with van der Waals surface area (Å²) in [6.07, 6.45) is -0.408. The van der Waals surface area contributed by atoms with Gasteiger partial charge in [-0.2, -0.15) is 0 Å². The minimum Gasteiger partial charge on any atom is -0.452 e. The fourth-order valence-corrected chi connectivity index (χ4v) is 5.79. The molecule has 0 aliphatic carbocycles. The summed E-state index contributed by atoms with van der Waals surface area (Å²) in [6, 6.07) is 6.64. The molecular weight excluding hydrogens is 374 g/mol. The molecule has 9 heteroatoms. The molecule has 1 amide bonds. The van der Waals surface area contributed by atoms with Crippen LogP contribution in [0.3, 0.4) is 0 Å². The van der Waals surface area contributed by atoms with Gasteiger partial charge in [0.05, 0.1) is 17.3 Å². The second kappa shape index (κ2) is 8.22. The number of halogens is 1. The van der Waals surface area contributed by atoms with Gasteiger partial charge in [-0.15, -0.1) is 11.8 Å². The summed E-state index contributed by atoms with van der Waals surface area (Å²) < 4.78 is 27.8. The summed E-state index contributed by atoms with van der Waals surface area (Å²) in [5.41, 5.74) is 0.515. The van der Waals surface area contributed by atoms with Gasteiger partial charge in [-0.05, 0) is 31.5 Å². The molecule has 1 heterocycles. The minimum absolute atomic E-state index is 0.0228. The quantitative estimate of drug-likeness (QED) is 0.747. The lowest BCUT2D eigenvalue weighted by Gasteiger charge is -2.14. The molecular formula is C15H18ClNO5S2. The Bertz CT molecular complexity index is 722. The number of thioether (sulfide) groups is 1. The highest BCUT2D eigenvalue weighted by Crippen LogP contribution is 2.24. The van der Waals surface area contributed by atoms with Crippen LogP contribution in [0.1, 0.15) is 13.3 Å². The van der Waals surface area contributed by atoms with Gasteiger partial charge in [0.2, 0.25) is 0 Å². The van der Waals surface area contributed by atoms with Crippen LogP contribution in [0, 0.1) is 0 Å². The maximum absolute atomic E-state index is 12.0. The molecule has 1 aromatic rings. The number of nitrogens with one attached hydrogen (secondary N) is 1. The van der Waals surface area contributed by atoms with Gasteiger partial charge in [0.15, 0.2) is 15.9 Å². The van der Waals surface area contributed by atoms with E-state index in [1.54, 1.807) is 24.3 Å². The van der Waals surface area contributed by atoms with Crippen molar-refractivity contribution in [3.05, 3.63) is 29.3 Å². The number of carbonyl (C=O) groups excluding carboxylic acids is 2. The van der Waals surface area contributed by atoms with Gasteiger partial charge >= 0.3 is 5.97 Å². The zero-order valence-electron chi connectivity index (χ0n) is 13.0. The Morgan fingerprint density at radius 2 is 2.21 bits per heavy atom. The van der Waals surface area contributed by atoms with E-state index in [-0.39, 0.29) is 22.5 Å². The van der Waals surface area contributed by atoms with Crippen molar-refractivity contribution in [3.63, 3.8) is 0 Å². The van der Waals surface area contributed by atoms with Crippen molar-refractivity contribution >= 4 is 50.8 Å². The molecule has 1 N–H and O–H groups in total. The lowest BCUT2D eigenvalue weighted by Crippen LogP contribution is -2.30. The lowest BCUT2D eigenvalue weighted by molar-refractivity contribution is -0.150. The van der Waals surface area contributed by atoms with E-state index in [9.17, 15) is 18.0 Å². The number of anilines is 1.